The van der Waals surface area contributed by atoms with Crippen LogP contribution in [0.5, 0.6) is 0 Å². The molecular weight excluding hydrogens is 280 g/mol. The van der Waals surface area contributed by atoms with Crippen LogP contribution in [-0.2, 0) is 12.8 Å². The predicted molar refractivity (Wildman–Crippen MR) is 79.1 cm³/mol. The Morgan fingerprint density at radius 2 is 2.26 bits per heavy atom. The molecule has 19 heavy (non-hydrogen) atoms. The van der Waals surface area contributed by atoms with E-state index in [4.69, 9.17) is 17.3 Å². The summed E-state index contributed by atoms with van der Waals surface area (Å²) in [6.45, 7) is 2.52. The highest BCUT2D eigenvalue weighted by atomic mass is 35.5. The summed E-state index contributed by atoms with van der Waals surface area (Å²) >= 11 is 7.60. The molecule has 0 atom stereocenters. The first kappa shape index (κ1) is 14.2. The van der Waals surface area contributed by atoms with Gasteiger partial charge in [-0.05, 0) is 30.7 Å². The van der Waals surface area contributed by atoms with Gasteiger partial charge in [-0.2, -0.15) is 0 Å². The van der Waals surface area contributed by atoms with Gasteiger partial charge in [-0.15, -0.1) is 11.3 Å². The molecule has 100 valence electrons. The van der Waals surface area contributed by atoms with Crippen LogP contribution >= 0.6 is 22.9 Å². The number of nitrogens with zero attached hydrogens (tertiary/aromatic N) is 1. The number of halogens is 1. The van der Waals surface area contributed by atoms with Crippen molar-refractivity contribution in [2.45, 2.75) is 19.8 Å². The van der Waals surface area contributed by atoms with E-state index < -0.39 is 0 Å². The number of Topliss-reactive ketones (excluding diaryl/α,β-unsaturated/α-hetero) is 1. The lowest BCUT2D eigenvalue weighted by Gasteiger charge is -2.03. The van der Waals surface area contributed by atoms with Crippen LogP contribution in [0.4, 0.5) is 0 Å². The summed E-state index contributed by atoms with van der Waals surface area (Å²) in [7, 11) is 0. The minimum atomic E-state index is -0.00901. The fourth-order valence-electron chi connectivity index (χ4n) is 1.74. The van der Waals surface area contributed by atoms with Gasteiger partial charge in [0.05, 0.1) is 5.01 Å². The number of nitrogens with two attached hydrogens (primary N) is 1. The molecule has 0 aliphatic heterocycles. The Labute approximate surface area is 121 Å². The first-order chi connectivity index (χ1) is 9.10. The molecule has 1 aromatic carbocycles. The number of thiazole rings is 1. The molecule has 0 saturated carbocycles. The van der Waals surface area contributed by atoms with E-state index in [0.717, 1.165) is 16.1 Å². The van der Waals surface area contributed by atoms with Crippen LogP contribution in [-0.4, -0.2) is 17.3 Å². The molecule has 0 aliphatic rings. The third kappa shape index (κ3) is 3.62. The minimum Gasteiger partial charge on any atom is -0.330 e. The number of aryl methyl sites for hydroxylation is 1. The van der Waals surface area contributed by atoms with Crippen LogP contribution in [0.25, 0.3) is 0 Å². The second-order valence-corrected chi connectivity index (χ2v) is 5.71. The van der Waals surface area contributed by atoms with Crippen LogP contribution in [0.2, 0.25) is 5.02 Å². The Kier molecular flexibility index (Phi) is 4.69. The van der Waals surface area contributed by atoms with Gasteiger partial charge < -0.3 is 5.73 Å². The van der Waals surface area contributed by atoms with E-state index in [0.29, 0.717) is 23.7 Å². The Balaban J connectivity index is 2.11. The molecule has 0 aliphatic carbocycles. The first-order valence-corrected chi connectivity index (χ1v) is 7.28. The smallest absolute Gasteiger partial charge is 0.186 e. The molecule has 0 unspecified atom stereocenters. The van der Waals surface area contributed by atoms with Crippen LogP contribution in [0.1, 0.15) is 26.6 Å². The van der Waals surface area contributed by atoms with Crippen molar-refractivity contribution in [1.29, 1.82) is 0 Å². The molecule has 0 saturated heterocycles. The quantitative estimate of drug-likeness (QED) is 0.862. The van der Waals surface area contributed by atoms with Gasteiger partial charge in [0.25, 0.3) is 0 Å². The number of carbonyl (C=O) groups is 1. The van der Waals surface area contributed by atoms with Gasteiger partial charge in [0.15, 0.2) is 5.78 Å². The molecule has 3 nitrogen and oxygen atoms in total. The van der Waals surface area contributed by atoms with Crippen LogP contribution in [0, 0.1) is 6.92 Å². The van der Waals surface area contributed by atoms with Gasteiger partial charge in [-0.3, -0.25) is 4.79 Å². The van der Waals surface area contributed by atoms with Crippen molar-refractivity contribution in [1.82, 2.24) is 4.98 Å². The lowest BCUT2D eigenvalue weighted by Crippen LogP contribution is -2.06. The normalized spacial score (nSPS) is 10.7. The van der Waals surface area contributed by atoms with E-state index in [9.17, 15) is 4.79 Å². The van der Waals surface area contributed by atoms with Crippen molar-refractivity contribution in [2.24, 2.45) is 5.73 Å². The lowest BCUT2D eigenvalue weighted by atomic mass is 10.1. The zero-order chi connectivity index (χ0) is 13.8. The van der Waals surface area contributed by atoms with Gasteiger partial charge in [0, 0.05) is 23.2 Å². The molecule has 0 bridgehead atoms. The Morgan fingerprint density at radius 1 is 1.47 bits per heavy atom. The van der Waals surface area contributed by atoms with Crippen molar-refractivity contribution in [3.05, 3.63) is 50.4 Å². The van der Waals surface area contributed by atoms with Crippen LogP contribution in [0.3, 0.4) is 0 Å². The number of hydrogen-bond acceptors (Lipinski definition) is 4. The van der Waals surface area contributed by atoms with E-state index in [1.807, 2.05) is 25.1 Å². The van der Waals surface area contributed by atoms with Crippen molar-refractivity contribution in [2.75, 3.05) is 6.54 Å². The Bertz CT molecular complexity index is 595. The molecule has 2 rings (SSSR count). The summed E-state index contributed by atoms with van der Waals surface area (Å²) in [5.41, 5.74) is 7.89. The largest absolute Gasteiger partial charge is 0.330 e. The highest BCUT2D eigenvalue weighted by Gasteiger charge is 2.13. The Morgan fingerprint density at radius 3 is 2.95 bits per heavy atom. The predicted octanol–water partition coefficient (Wildman–Crippen LogP) is 3.03. The van der Waals surface area contributed by atoms with Crippen molar-refractivity contribution in [3.63, 3.8) is 0 Å². The summed E-state index contributed by atoms with van der Waals surface area (Å²) in [4.78, 5) is 16.4. The monoisotopic (exact) mass is 294 g/mol. The SMILES string of the molecule is Cc1ccc(CC(=O)c2csc(CCN)n2)c(Cl)c1. The number of aromatic nitrogens is 1. The summed E-state index contributed by atoms with van der Waals surface area (Å²) in [5.74, 6) is -0.00901. The third-order valence-electron chi connectivity index (χ3n) is 2.76. The highest BCUT2D eigenvalue weighted by molar-refractivity contribution is 7.09. The topological polar surface area (TPSA) is 56.0 Å². The average molecular weight is 295 g/mol. The molecular formula is C14H15ClN2OS. The third-order valence-corrected chi connectivity index (χ3v) is 4.02. The van der Waals surface area contributed by atoms with Gasteiger partial charge in [-0.1, -0.05) is 23.7 Å². The zero-order valence-electron chi connectivity index (χ0n) is 10.6. The van der Waals surface area contributed by atoms with Crippen molar-refractivity contribution < 1.29 is 4.79 Å². The summed E-state index contributed by atoms with van der Waals surface area (Å²) in [6, 6.07) is 5.71. The number of benzene rings is 1. The fourth-order valence-corrected chi connectivity index (χ4v) is 2.86. The number of hydrogen-bond donors (Lipinski definition) is 1. The second kappa shape index (κ2) is 6.28. The minimum absolute atomic E-state index is 0.00901. The summed E-state index contributed by atoms with van der Waals surface area (Å²) < 4.78 is 0. The van der Waals surface area contributed by atoms with Crippen LogP contribution < -0.4 is 5.73 Å². The summed E-state index contributed by atoms with van der Waals surface area (Å²) in [6.07, 6.45) is 0.994. The molecule has 1 aromatic heterocycles. The molecule has 1 heterocycles. The highest BCUT2D eigenvalue weighted by Crippen LogP contribution is 2.20. The molecule has 0 amide bonds. The average Bonchev–Trinajstić information content (AvgIpc) is 2.82. The van der Waals surface area contributed by atoms with Gasteiger partial charge in [-0.25, -0.2) is 4.98 Å². The van der Waals surface area contributed by atoms with E-state index in [-0.39, 0.29) is 12.2 Å². The molecule has 2 aromatic rings. The van der Waals surface area contributed by atoms with Gasteiger partial charge >= 0.3 is 0 Å². The zero-order valence-corrected chi connectivity index (χ0v) is 12.2. The number of ketones is 1. The van der Waals surface area contributed by atoms with E-state index in [2.05, 4.69) is 4.98 Å². The number of rotatable bonds is 5. The molecule has 5 heteroatoms. The maximum Gasteiger partial charge on any atom is 0.186 e. The second-order valence-electron chi connectivity index (χ2n) is 4.36. The number of carbonyl (C=O) groups excluding carboxylic acids is 1. The van der Waals surface area contributed by atoms with Crippen LogP contribution in [0.15, 0.2) is 23.6 Å². The standard InChI is InChI=1S/C14H15ClN2OS/c1-9-2-3-10(11(15)6-9)7-13(18)12-8-19-14(17-12)4-5-16/h2-3,6,8H,4-5,7,16H2,1H3. The molecule has 2 N–H and O–H groups in total. The molecule has 0 radical (unpaired) electrons. The molecule has 0 spiro atoms. The maximum atomic E-state index is 12.1. The van der Waals surface area contributed by atoms with E-state index in [1.165, 1.54) is 11.3 Å². The van der Waals surface area contributed by atoms with E-state index in [1.54, 1.807) is 5.38 Å². The first-order valence-electron chi connectivity index (χ1n) is 6.03. The van der Waals surface area contributed by atoms with Crippen molar-refractivity contribution in [3.8, 4) is 0 Å². The van der Waals surface area contributed by atoms with E-state index >= 15 is 0 Å². The lowest BCUT2D eigenvalue weighted by molar-refractivity contribution is 0.0988. The Hall–Kier alpha value is -1.23. The maximum absolute atomic E-state index is 12.1. The van der Waals surface area contributed by atoms with Gasteiger partial charge in [0.1, 0.15) is 5.69 Å². The molecule has 0 fully saturated rings. The van der Waals surface area contributed by atoms with Crippen molar-refractivity contribution >= 4 is 28.7 Å². The summed E-state index contributed by atoms with van der Waals surface area (Å²) in [5, 5.41) is 3.32. The fraction of sp³-hybridized carbons (Fsp3) is 0.286. The van der Waals surface area contributed by atoms with Gasteiger partial charge in [0.2, 0.25) is 0 Å².